The highest BCUT2D eigenvalue weighted by atomic mass is 16.5. The minimum absolute atomic E-state index is 0.257. The molecule has 0 spiro atoms. The van der Waals surface area contributed by atoms with Gasteiger partial charge in [-0.05, 0) is 23.8 Å². The molecule has 2 N–H and O–H groups in total. The number of carbonyl (C=O) groups excluding carboxylic acids is 1. The van der Waals surface area contributed by atoms with Gasteiger partial charge in [-0.25, -0.2) is 5.48 Å². The second-order valence-corrected chi connectivity index (χ2v) is 5.66. The van der Waals surface area contributed by atoms with Crippen LogP contribution in [-0.2, 0) is 13.0 Å². The average Bonchev–Trinajstić information content (AvgIpc) is 3.21. The van der Waals surface area contributed by atoms with Crippen LogP contribution in [0.5, 0.6) is 11.5 Å². The van der Waals surface area contributed by atoms with Crippen molar-refractivity contribution in [3.8, 4) is 22.9 Å². The maximum Gasteiger partial charge on any atom is 0.274 e. The van der Waals surface area contributed by atoms with E-state index >= 15 is 0 Å². The number of benzene rings is 2. The molecule has 1 amide bonds. The number of carbonyl (C=O) groups is 1. The van der Waals surface area contributed by atoms with E-state index < -0.39 is 5.91 Å². The Hall–Kier alpha value is -3.39. The topological polar surface area (TPSA) is 107 Å². The number of hydrogen-bond acceptors (Lipinski definition) is 7. The molecule has 27 heavy (non-hydrogen) atoms. The lowest BCUT2D eigenvalue weighted by Gasteiger charge is -2.12. The molecule has 0 saturated carbocycles. The molecule has 3 aromatic rings. The Morgan fingerprint density at radius 2 is 1.96 bits per heavy atom. The molecule has 8 heteroatoms. The molecular weight excluding hydrogens is 350 g/mol. The first-order chi connectivity index (χ1) is 13.1. The van der Waals surface area contributed by atoms with Gasteiger partial charge < -0.3 is 14.0 Å². The summed E-state index contributed by atoms with van der Waals surface area (Å²) in [6.45, 7) is 2.22. The Morgan fingerprint density at radius 1 is 1.19 bits per heavy atom. The summed E-state index contributed by atoms with van der Waals surface area (Å²) in [7, 11) is 1.51. The second kappa shape index (κ2) is 8.33. The Bertz CT molecular complexity index is 921. The van der Waals surface area contributed by atoms with Gasteiger partial charge in [0.15, 0.2) is 11.5 Å². The number of nitrogens with one attached hydrogen (secondary N) is 1. The van der Waals surface area contributed by atoms with Crippen LogP contribution in [0.3, 0.4) is 0 Å². The zero-order chi connectivity index (χ0) is 19.2. The van der Waals surface area contributed by atoms with Gasteiger partial charge in [-0.1, -0.05) is 36.3 Å². The number of amides is 1. The van der Waals surface area contributed by atoms with Crippen LogP contribution < -0.4 is 15.0 Å². The van der Waals surface area contributed by atoms with Gasteiger partial charge in [-0.3, -0.25) is 10.0 Å². The van der Waals surface area contributed by atoms with Gasteiger partial charge >= 0.3 is 0 Å². The quantitative estimate of drug-likeness (QED) is 0.487. The summed E-state index contributed by atoms with van der Waals surface area (Å²) in [4.78, 5) is 15.9. The minimum atomic E-state index is -0.626. The van der Waals surface area contributed by atoms with E-state index in [1.807, 2.05) is 31.2 Å². The predicted octanol–water partition coefficient (Wildman–Crippen LogP) is 3.01. The lowest BCUT2D eigenvalue weighted by atomic mass is 10.1. The number of hydroxylamine groups is 1. The molecule has 1 heterocycles. The molecule has 2 aromatic carbocycles. The number of hydrogen-bond donors (Lipinski definition) is 2. The number of rotatable bonds is 7. The first-order valence-electron chi connectivity index (χ1n) is 8.31. The summed E-state index contributed by atoms with van der Waals surface area (Å²) in [6, 6.07) is 12.2. The third-order valence-electron chi connectivity index (χ3n) is 3.90. The van der Waals surface area contributed by atoms with Gasteiger partial charge in [0.25, 0.3) is 5.91 Å². The van der Waals surface area contributed by atoms with Crippen LogP contribution in [-0.4, -0.2) is 28.4 Å². The first-order valence-corrected chi connectivity index (χ1v) is 8.31. The van der Waals surface area contributed by atoms with Crippen LogP contribution in [0.1, 0.15) is 28.7 Å². The third-order valence-corrected chi connectivity index (χ3v) is 3.90. The largest absolute Gasteiger partial charge is 0.493 e. The summed E-state index contributed by atoms with van der Waals surface area (Å²) in [5.41, 5.74) is 3.61. The summed E-state index contributed by atoms with van der Waals surface area (Å²) < 4.78 is 16.1. The molecule has 0 saturated heterocycles. The zero-order valence-electron chi connectivity index (χ0n) is 14.9. The lowest BCUT2D eigenvalue weighted by Crippen LogP contribution is -2.18. The van der Waals surface area contributed by atoms with Crippen LogP contribution in [0.4, 0.5) is 0 Å². The van der Waals surface area contributed by atoms with Gasteiger partial charge in [0, 0.05) is 17.5 Å². The van der Waals surface area contributed by atoms with Gasteiger partial charge in [0.2, 0.25) is 11.7 Å². The average molecular weight is 369 g/mol. The number of nitrogens with zero attached hydrogens (tertiary/aromatic N) is 2. The van der Waals surface area contributed by atoms with Gasteiger partial charge in [-0.15, -0.1) is 0 Å². The smallest absolute Gasteiger partial charge is 0.274 e. The van der Waals surface area contributed by atoms with Crippen molar-refractivity contribution in [1.82, 2.24) is 15.6 Å². The summed E-state index contributed by atoms with van der Waals surface area (Å²) in [5.74, 6) is 1.40. The molecule has 0 unspecified atom stereocenters. The molecule has 140 valence electrons. The van der Waals surface area contributed by atoms with Crippen LogP contribution in [0, 0.1) is 0 Å². The monoisotopic (exact) mass is 369 g/mol. The van der Waals surface area contributed by atoms with Crippen molar-refractivity contribution in [3.05, 3.63) is 59.5 Å². The standard InChI is InChI=1S/C19H19N3O5/c1-3-17-20-18(22-27-17)13-6-4-12(5-7-13)11-26-16-10-14(19(23)21-24)8-9-15(16)25-2/h4-10,24H,3,11H2,1-2H3,(H,21,23). The normalized spacial score (nSPS) is 10.5. The molecule has 0 bridgehead atoms. The van der Waals surface area contributed by atoms with Crippen molar-refractivity contribution in [3.63, 3.8) is 0 Å². The van der Waals surface area contributed by atoms with Crippen LogP contribution >= 0.6 is 0 Å². The van der Waals surface area contributed by atoms with E-state index in [0.717, 1.165) is 11.1 Å². The third kappa shape index (κ3) is 4.24. The Morgan fingerprint density at radius 3 is 2.59 bits per heavy atom. The van der Waals surface area contributed by atoms with Gasteiger partial charge in [-0.2, -0.15) is 4.98 Å². The van der Waals surface area contributed by atoms with E-state index in [9.17, 15) is 4.79 Å². The zero-order valence-corrected chi connectivity index (χ0v) is 14.9. The summed E-state index contributed by atoms with van der Waals surface area (Å²) >= 11 is 0. The molecule has 3 rings (SSSR count). The maximum atomic E-state index is 11.6. The van der Waals surface area contributed by atoms with E-state index in [2.05, 4.69) is 10.1 Å². The SMILES string of the molecule is CCc1nc(-c2ccc(COc3cc(C(=O)NO)ccc3OC)cc2)no1. The maximum absolute atomic E-state index is 11.6. The molecule has 8 nitrogen and oxygen atoms in total. The van der Waals surface area contributed by atoms with Crippen molar-refractivity contribution in [2.75, 3.05) is 7.11 Å². The minimum Gasteiger partial charge on any atom is -0.493 e. The highest BCUT2D eigenvalue weighted by Gasteiger charge is 2.11. The van der Waals surface area contributed by atoms with E-state index in [-0.39, 0.29) is 12.2 Å². The van der Waals surface area contributed by atoms with E-state index in [1.54, 1.807) is 11.5 Å². The highest BCUT2D eigenvalue weighted by Crippen LogP contribution is 2.29. The first kappa shape index (κ1) is 18.4. The fourth-order valence-corrected chi connectivity index (χ4v) is 2.42. The molecule has 0 atom stereocenters. The van der Waals surface area contributed by atoms with E-state index in [1.165, 1.54) is 19.2 Å². The fourth-order valence-electron chi connectivity index (χ4n) is 2.42. The molecule has 0 radical (unpaired) electrons. The van der Waals surface area contributed by atoms with E-state index in [0.29, 0.717) is 29.6 Å². The van der Waals surface area contributed by atoms with Crippen molar-refractivity contribution >= 4 is 5.91 Å². The van der Waals surface area contributed by atoms with Crippen LogP contribution in [0.2, 0.25) is 0 Å². The summed E-state index contributed by atoms with van der Waals surface area (Å²) in [5, 5.41) is 12.7. The molecule has 0 aliphatic rings. The molecule has 1 aromatic heterocycles. The van der Waals surface area contributed by atoms with E-state index in [4.69, 9.17) is 19.2 Å². The van der Waals surface area contributed by atoms with Crippen LogP contribution in [0.25, 0.3) is 11.4 Å². The second-order valence-electron chi connectivity index (χ2n) is 5.66. The van der Waals surface area contributed by atoms with Gasteiger partial charge in [0.1, 0.15) is 6.61 Å². The van der Waals surface area contributed by atoms with Gasteiger partial charge in [0.05, 0.1) is 7.11 Å². The molecule has 0 aliphatic carbocycles. The fraction of sp³-hybridized carbons (Fsp3) is 0.211. The number of aromatic nitrogens is 2. The Labute approximate surface area is 155 Å². The van der Waals surface area contributed by atoms with Crippen molar-refractivity contribution < 1.29 is 24.0 Å². The van der Waals surface area contributed by atoms with Crippen LogP contribution in [0.15, 0.2) is 47.0 Å². The lowest BCUT2D eigenvalue weighted by molar-refractivity contribution is 0.0706. The molecule has 0 aliphatic heterocycles. The summed E-state index contributed by atoms with van der Waals surface area (Å²) in [6.07, 6.45) is 0.689. The number of methoxy groups -OCH3 is 1. The Kier molecular flexibility index (Phi) is 5.68. The molecule has 0 fully saturated rings. The van der Waals surface area contributed by atoms with Crippen molar-refractivity contribution in [2.45, 2.75) is 20.0 Å². The number of ether oxygens (including phenoxy) is 2. The highest BCUT2D eigenvalue weighted by molar-refractivity contribution is 5.94. The molecular formula is C19H19N3O5. The predicted molar refractivity (Wildman–Crippen MR) is 95.7 cm³/mol. The Balaban J connectivity index is 1.72. The number of aryl methyl sites for hydroxylation is 1. The van der Waals surface area contributed by atoms with Crippen molar-refractivity contribution in [2.24, 2.45) is 0 Å². The van der Waals surface area contributed by atoms with Crippen molar-refractivity contribution in [1.29, 1.82) is 0 Å².